The van der Waals surface area contributed by atoms with Crippen LogP contribution in [0.1, 0.15) is 19.0 Å². The molecule has 0 radical (unpaired) electrons. The third-order valence-electron chi connectivity index (χ3n) is 2.60. The van der Waals surface area contributed by atoms with Gasteiger partial charge in [0.25, 0.3) is 0 Å². The Morgan fingerprint density at radius 2 is 2.44 bits per heavy atom. The first-order valence-electron chi connectivity index (χ1n) is 5.65. The second-order valence-corrected chi connectivity index (χ2v) is 3.80. The minimum Gasteiger partial charge on any atom is -0.359 e. The third-order valence-corrected chi connectivity index (χ3v) is 2.60. The standard InChI is InChI=1S/C11H20N4O/c1-3-6-15-10(4-5-14-15)7-9(8-12)11(16)13-2/h4-5,9H,3,6-8,12H2,1-2H3,(H,13,16). The number of nitrogens with one attached hydrogen (secondary N) is 1. The molecular formula is C11H20N4O. The summed E-state index contributed by atoms with van der Waals surface area (Å²) in [4.78, 5) is 11.5. The Kier molecular flexibility index (Phi) is 4.98. The summed E-state index contributed by atoms with van der Waals surface area (Å²) in [5, 5.41) is 6.85. The molecule has 5 heteroatoms. The van der Waals surface area contributed by atoms with Crippen LogP contribution < -0.4 is 11.1 Å². The Morgan fingerprint density at radius 1 is 1.69 bits per heavy atom. The van der Waals surface area contributed by atoms with Crippen LogP contribution >= 0.6 is 0 Å². The number of aromatic nitrogens is 2. The minimum absolute atomic E-state index is 0.00764. The van der Waals surface area contributed by atoms with Crippen molar-refractivity contribution in [1.29, 1.82) is 0 Å². The van der Waals surface area contributed by atoms with Gasteiger partial charge in [0.05, 0.1) is 5.92 Å². The molecule has 1 aromatic rings. The Hall–Kier alpha value is -1.36. The zero-order valence-corrected chi connectivity index (χ0v) is 9.94. The lowest BCUT2D eigenvalue weighted by atomic mass is 10.0. The molecule has 0 saturated carbocycles. The van der Waals surface area contributed by atoms with Crippen LogP contribution in [-0.2, 0) is 17.8 Å². The van der Waals surface area contributed by atoms with Crippen LogP contribution in [0.25, 0.3) is 0 Å². The number of rotatable bonds is 6. The predicted molar refractivity (Wildman–Crippen MR) is 62.8 cm³/mol. The van der Waals surface area contributed by atoms with E-state index in [9.17, 15) is 4.79 Å². The Bertz CT molecular complexity index is 334. The van der Waals surface area contributed by atoms with Gasteiger partial charge in [0.2, 0.25) is 5.91 Å². The van der Waals surface area contributed by atoms with E-state index in [0.717, 1.165) is 18.7 Å². The summed E-state index contributed by atoms with van der Waals surface area (Å²) in [6.45, 7) is 3.34. The van der Waals surface area contributed by atoms with E-state index in [4.69, 9.17) is 5.73 Å². The largest absolute Gasteiger partial charge is 0.359 e. The SMILES string of the molecule is CCCn1nccc1CC(CN)C(=O)NC. The average Bonchev–Trinajstić information content (AvgIpc) is 2.73. The molecule has 0 saturated heterocycles. The van der Waals surface area contributed by atoms with Crippen molar-refractivity contribution in [2.24, 2.45) is 11.7 Å². The van der Waals surface area contributed by atoms with Gasteiger partial charge in [-0.1, -0.05) is 6.92 Å². The zero-order valence-electron chi connectivity index (χ0n) is 9.94. The highest BCUT2D eigenvalue weighted by Crippen LogP contribution is 2.08. The van der Waals surface area contributed by atoms with Gasteiger partial charge in [0, 0.05) is 38.4 Å². The number of hydrogen-bond acceptors (Lipinski definition) is 3. The third kappa shape index (κ3) is 3.06. The summed E-state index contributed by atoms with van der Waals surface area (Å²) < 4.78 is 1.94. The van der Waals surface area contributed by atoms with Crippen molar-refractivity contribution >= 4 is 5.91 Å². The van der Waals surface area contributed by atoms with Crippen molar-refractivity contribution in [3.05, 3.63) is 18.0 Å². The average molecular weight is 224 g/mol. The summed E-state index contributed by atoms with van der Waals surface area (Å²) in [6.07, 6.45) is 3.44. The number of aryl methyl sites for hydroxylation is 1. The van der Waals surface area contributed by atoms with Crippen molar-refractivity contribution in [3.8, 4) is 0 Å². The van der Waals surface area contributed by atoms with E-state index in [1.807, 2.05) is 10.7 Å². The van der Waals surface area contributed by atoms with Gasteiger partial charge in [0.1, 0.15) is 0 Å². The van der Waals surface area contributed by atoms with Gasteiger partial charge >= 0.3 is 0 Å². The molecular weight excluding hydrogens is 204 g/mol. The zero-order chi connectivity index (χ0) is 12.0. The molecule has 0 bridgehead atoms. The molecule has 16 heavy (non-hydrogen) atoms. The van der Waals surface area contributed by atoms with E-state index in [1.165, 1.54) is 0 Å². The Balaban J connectivity index is 2.69. The summed E-state index contributed by atoms with van der Waals surface area (Å²) in [6, 6.07) is 1.95. The van der Waals surface area contributed by atoms with Crippen molar-refractivity contribution in [1.82, 2.24) is 15.1 Å². The van der Waals surface area contributed by atoms with E-state index in [0.29, 0.717) is 13.0 Å². The lowest BCUT2D eigenvalue weighted by Gasteiger charge is -2.14. The normalized spacial score (nSPS) is 12.4. The number of nitrogens with zero attached hydrogens (tertiary/aromatic N) is 2. The van der Waals surface area contributed by atoms with Crippen LogP contribution in [0, 0.1) is 5.92 Å². The molecule has 5 nitrogen and oxygen atoms in total. The Labute approximate surface area is 96.0 Å². The summed E-state index contributed by atoms with van der Waals surface area (Å²) in [5.74, 6) is -0.177. The highest BCUT2D eigenvalue weighted by atomic mass is 16.1. The summed E-state index contributed by atoms with van der Waals surface area (Å²) in [7, 11) is 1.63. The molecule has 1 amide bonds. The molecule has 3 N–H and O–H groups in total. The summed E-state index contributed by atoms with van der Waals surface area (Å²) in [5.41, 5.74) is 6.67. The monoisotopic (exact) mass is 224 g/mol. The fourth-order valence-electron chi connectivity index (χ4n) is 1.69. The number of amides is 1. The molecule has 0 aliphatic rings. The van der Waals surface area contributed by atoms with Gasteiger partial charge in [-0.15, -0.1) is 0 Å². The van der Waals surface area contributed by atoms with Crippen LogP contribution in [-0.4, -0.2) is 29.3 Å². The number of carbonyl (C=O) groups is 1. The van der Waals surface area contributed by atoms with Crippen molar-refractivity contribution in [2.45, 2.75) is 26.3 Å². The maximum absolute atomic E-state index is 11.5. The van der Waals surface area contributed by atoms with Crippen LogP contribution in [0.3, 0.4) is 0 Å². The lowest BCUT2D eigenvalue weighted by Crippen LogP contribution is -2.34. The molecule has 1 aromatic heterocycles. The minimum atomic E-state index is -0.169. The molecule has 0 aromatic carbocycles. The first-order valence-corrected chi connectivity index (χ1v) is 5.65. The molecule has 1 atom stereocenters. The molecule has 0 spiro atoms. The highest BCUT2D eigenvalue weighted by Gasteiger charge is 2.17. The van der Waals surface area contributed by atoms with E-state index >= 15 is 0 Å². The second kappa shape index (κ2) is 6.27. The lowest BCUT2D eigenvalue weighted by molar-refractivity contribution is -0.124. The maximum atomic E-state index is 11.5. The fraction of sp³-hybridized carbons (Fsp3) is 0.636. The maximum Gasteiger partial charge on any atom is 0.224 e. The fourth-order valence-corrected chi connectivity index (χ4v) is 1.69. The van der Waals surface area contributed by atoms with Gasteiger partial charge < -0.3 is 11.1 Å². The van der Waals surface area contributed by atoms with E-state index in [-0.39, 0.29) is 11.8 Å². The molecule has 1 unspecified atom stereocenters. The first-order chi connectivity index (χ1) is 7.72. The molecule has 1 heterocycles. The van der Waals surface area contributed by atoms with Crippen molar-refractivity contribution in [3.63, 3.8) is 0 Å². The van der Waals surface area contributed by atoms with Crippen LogP contribution in [0.2, 0.25) is 0 Å². The van der Waals surface area contributed by atoms with Gasteiger partial charge in [-0.2, -0.15) is 5.10 Å². The second-order valence-electron chi connectivity index (χ2n) is 3.80. The van der Waals surface area contributed by atoms with Crippen LogP contribution in [0.4, 0.5) is 0 Å². The summed E-state index contributed by atoms with van der Waals surface area (Å²) >= 11 is 0. The van der Waals surface area contributed by atoms with Crippen LogP contribution in [0.5, 0.6) is 0 Å². The molecule has 0 fully saturated rings. The van der Waals surface area contributed by atoms with Crippen molar-refractivity contribution < 1.29 is 4.79 Å². The van der Waals surface area contributed by atoms with Crippen LogP contribution in [0.15, 0.2) is 12.3 Å². The topological polar surface area (TPSA) is 72.9 Å². The van der Waals surface area contributed by atoms with E-state index in [1.54, 1.807) is 13.2 Å². The Morgan fingerprint density at radius 3 is 3.00 bits per heavy atom. The van der Waals surface area contributed by atoms with Gasteiger partial charge in [0.15, 0.2) is 0 Å². The molecule has 1 rings (SSSR count). The highest BCUT2D eigenvalue weighted by molar-refractivity contribution is 5.78. The number of hydrogen-bond donors (Lipinski definition) is 2. The quantitative estimate of drug-likeness (QED) is 0.722. The van der Waals surface area contributed by atoms with E-state index in [2.05, 4.69) is 17.3 Å². The molecule has 90 valence electrons. The predicted octanol–water partition coefficient (Wildman–Crippen LogP) is 0.157. The first kappa shape index (κ1) is 12.7. The van der Waals surface area contributed by atoms with Gasteiger partial charge in [-0.05, 0) is 12.5 Å². The van der Waals surface area contributed by atoms with E-state index < -0.39 is 0 Å². The molecule has 0 aliphatic carbocycles. The number of nitrogens with two attached hydrogens (primary N) is 1. The smallest absolute Gasteiger partial charge is 0.224 e. The number of carbonyl (C=O) groups excluding carboxylic acids is 1. The molecule has 0 aliphatic heterocycles. The van der Waals surface area contributed by atoms with Gasteiger partial charge in [-0.25, -0.2) is 0 Å². The van der Waals surface area contributed by atoms with Gasteiger partial charge in [-0.3, -0.25) is 9.48 Å². The van der Waals surface area contributed by atoms with Crippen molar-refractivity contribution in [2.75, 3.05) is 13.6 Å².